The summed E-state index contributed by atoms with van der Waals surface area (Å²) in [5, 5.41) is 8.26. The van der Waals surface area contributed by atoms with Crippen LogP contribution < -0.4 is 9.64 Å². The maximum absolute atomic E-state index is 13.1. The van der Waals surface area contributed by atoms with Crippen LogP contribution in [0.25, 0.3) is 5.78 Å². The molecular weight excluding hydrogens is 426 g/mol. The van der Waals surface area contributed by atoms with Gasteiger partial charge in [-0.2, -0.15) is 0 Å². The first-order valence-corrected chi connectivity index (χ1v) is 10.9. The second kappa shape index (κ2) is 8.08. The number of hydrogen-bond acceptors (Lipinski definition) is 7. The highest BCUT2D eigenvalue weighted by molar-refractivity contribution is 8.00. The molecule has 8 nitrogen and oxygen atoms in total. The third-order valence-corrected chi connectivity index (χ3v) is 6.22. The van der Waals surface area contributed by atoms with Crippen molar-refractivity contribution < 1.29 is 14.3 Å². The summed E-state index contributed by atoms with van der Waals surface area (Å²) in [7, 11) is 0. The molecule has 9 heteroatoms. The van der Waals surface area contributed by atoms with Gasteiger partial charge in [-0.15, -0.1) is 10.2 Å². The van der Waals surface area contributed by atoms with E-state index >= 15 is 0 Å². The molecule has 2 amide bonds. The van der Waals surface area contributed by atoms with Gasteiger partial charge in [-0.3, -0.25) is 14.0 Å². The number of imide groups is 1. The highest BCUT2D eigenvalue weighted by Gasteiger charge is 2.41. The van der Waals surface area contributed by atoms with E-state index in [9.17, 15) is 9.59 Å². The van der Waals surface area contributed by atoms with Crippen LogP contribution in [0.5, 0.6) is 11.5 Å². The van der Waals surface area contributed by atoms with E-state index in [-0.39, 0.29) is 18.2 Å². The van der Waals surface area contributed by atoms with Gasteiger partial charge in [-0.1, -0.05) is 30.0 Å². The van der Waals surface area contributed by atoms with Crippen molar-refractivity contribution in [1.82, 2.24) is 19.6 Å². The fraction of sp³-hybridized carbons (Fsp3) is 0.174. The summed E-state index contributed by atoms with van der Waals surface area (Å²) in [4.78, 5) is 31.3. The SMILES string of the molecule is Cc1cc(C)n2c(S[C@H]3CC(=O)N(c4ccc(Oc5ccccc5)cc4)C3=O)nnc2n1. The van der Waals surface area contributed by atoms with Crippen LogP contribution in [0.15, 0.2) is 65.8 Å². The van der Waals surface area contributed by atoms with Crippen molar-refractivity contribution in [3.05, 3.63) is 72.1 Å². The fourth-order valence-corrected chi connectivity index (χ4v) is 4.76. The van der Waals surface area contributed by atoms with E-state index in [1.807, 2.05) is 50.2 Å². The first kappa shape index (κ1) is 20.2. The smallest absolute Gasteiger partial charge is 0.256 e. The summed E-state index contributed by atoms with van der Waals surface area (Å²) < 4.78 is 7.58. The maximum Gasteiger partial charge on any atom is 0.256 e. The van der Waals surface area contributed by atoms with E-state index in [0.717, 1.165) is 11.4 Å². The van der Waals surface area contributed by atoms with Gasteiger partial charge in [0.25, 0.3) is 5.78 Å². The van der Waals surface area contributed by atoms with Crippen LogP contribution in [0.1, 0.15) is 17.8 Å². The minimum atomic E-state index is -0.573. The van der Waals surface area contributed by atoms with Gasteiger partial charge >= 0.3 is 0 Å². The lowest BCUT2D eigenvalue weighted by molar-refractivity contribution is -0.121. The molecule has 0 unspecified atom stereocenters. The number of carbonyl (C=O) groups excluding carboxylic acids is 2. The van der Waals surface area contributed by atoms with Gasteiger partial charge in [0.15, 0.2) is 5.16 Å². The number of nitrogens with zero attached hydrogens (tertiary/aromatic N) is 5. The summed E-state index contributed by atoms with van der Waals surface area (Å²) in [6, 6.07) is 18.2. The predicted molar refractivity (Wildman–Crippen MR) is 120 cm³/mol. The quantitative estimate of drug-likeness (QED) is 0.430. The van der Waals surface area contributed by atoms with Crippen LogP contribution in [0.2, 0.25) is 0 Å². The summed E-state index contributed by atoms with van der Waals surface area (Å²) in [5.74, 6) is 1.30. The van der Waals surface area contributed by atoms with Crippen molar-refractivity contribution in [1.29, 1.82) is 0 Å². The molecule has 0 N–H and O–H groups in total. The van der Waals surface area contributed by atoms with Crippen molar-refractivity contribution in [2.45, 2.75) is 30.7 Å². The van der Waals surface area contributed by atoms with Gasteiger partial charge in [0.05, 0.1) is 5.69 Å². The van der Waals surface area contributed by atoms with Crippen LogP contribution in [-0.4, -0.2) is 36.6 Å². The lowest BCUT2D eigenvalue weighted by Gasteiger charge is -2.15. The Labute approximate surface area is 188 Å². The molecule has 4 aromatic rings. The number of fused-ring (bicyclic) bond motifs is 1. The third kappa shape index (κ3) is 3.71. The average Bonchev–Trinajstić information content (AvgIpc) is 3.30. The van der Waals surface area contributed by atoms with Crippen LogP contribution >= 0.6 is 11.8 Å². The predicted octanol–water partition coefficient (Wildman–Crippen LogP) is 3.96. The summed E-state index contributed by atoms with van der Waals surface area (Å²) in [5.41, 5.74) is 2.28. The molecule has 160 valence electrons. The number of para-hydroxylation sites is 1. The first-order valence-electron chi connectivity index (χ1n) is 10.1. The Bertz CT molecular complexity index is 1320. The summed E-state index contributed by atoms with van der Waals surface area (Å²) >= 11 is 1.24. The maximum atomic E-state index is 13.1. The number of aromatic nitrogens is 4. The molecule has 0 spiro atoms. The first-order chi connectivity index (χ1) is 15.5. The second-order valence-corrected chi connectivity index (χ2v) is 8.61. The van der Waals surface area contributed by atoms with E-state index in [1.165, 1.54) is 16.7 Å². The molecule has 2 aromatic heterocycles. The number of anilines is 1. The summed E-state index contributed by atoms with van der Waals surface area (Å²) in [6.07, 6.45) is 0.0962. The lowest BCUT2D eigenvalue weighted by Crippen LogP contribution is -2.31. The monoisotopic (exact) mass is 445 g/mol. The van der Waals surface area contributed by atoms with Crippen LogP contribution in [0.4, 0.5) is 5.69 Å². The number of thioether (sulfide) groups is 1. The average molecular weight is 446 g/mol. The zero-order valence-electron chi connectivity index (χ0n) is 17.4. The molecule has 0 aliphatic carbocycles. The van der Waals surface area contributed by atoms with E-state index in [2.05, 4.69) is 15.2 Å². The van der Waals surface area contributed by atoms with Crippen LogP contribution in [-0.2, 0) is 9.59 Å². The Kier molecular flexibility index (Phi) is 5.10. The van der Waals surface area contributed by atoms with Crippen LogP contribution in [0.3, 0.4) is 0 Å². The van der Waals surface area contributed by atoms with Gasteiger partial charge in [0.2, 0.25) is 11.8 Å². The Hall–Kier alpha value is -3.72. The normalized spacial score (nSPS) is 16.2. The number of rotatable bonds is 5. The zero-order chi connectivity index (χ0) is 22.2. The van der Waals surface area contributed by atoms with Gasteiger partial charge in [-0.05, 0) is 56.3 Å². The minimum Gasteiger partial charge on any atom is -0.457 e. The standard InChI is InChI=1S/C23H19N5O3S/c1-14-12-15(2)27-22(24-14)25-26-23(27)32-19-13-20(29)28(21(19)30)16-8-10-18(11-9-16)31-17-6-4-3-5-7-17/h3-12,19H,13H2,1-2H3/t19-/m0/s1. The number of carbonyl (C=O) groups is 2. The molecular formula is C23H19N5O3S. The molecule has 5 rings (SSSR count). The van der Waals surface area contributed by atoms with Gasteiger partial charge in [-0.25, -0.2) is 9.88 Å². The Balaban J connectivity index is 1.34. The van der Waals surface area contributed by atoms with Gasteiger partial charge < -0.3 is 4.74 Å². The Morgan fingerprint density at radius 1 is 0.969 bits per heavy atom. The van der Waals surface area contributed by atoms with E-state index in [0.29, 0.717) is 28.1 Å². The molecule has 1 saturated heterocycles. The van der Waals surface area contributed by atoms with Crippen molar-refractivity contribution >= 4 is 35.0 Å². The molecule has 1 aliphatic rings. The molecule has 0 saturated carbocycles. The highest BCUT2D eigenvalue weighted by atomic mass is 32.2. The molecule has 1 fully saturated rings. The second-order valence-electron chi connectivity index (χ2n) is 7.44. The van der Waals surface area contributed by atoms with Gasteiger partial charge in [0, 0.05) is 17.8 Å². The highest BCUT2D eigenvalue weighted by Crippen LogP contribution is 2.34. The molecule has 3 heterocycles. The van der Waals surface area contributed by atoms with E-state index in [1.54, 1.807) is 28.7 Å². The fourth-order valence-electron chi connectivity index (χ4n) is 3.66. The molecule has 1 atom stereocenters. The largest absolute Gasteiger partial charge is 0.457 e. The number of hydrogen-bond donors (Lipinski definition) is 0. The molecule has 0 bridgehead atoms. The van der Waals surface area contributed by atoms with Crippen LogP contribution in [0, 0.1) is 13.8 Å². The number of benzene rings is 2. The van der Waals surface area contributed by atoms with Crippen molar-refractivity contribution in [3.63, 3.8) is 0 Å². The Morgan fingerprint density at radius 2 is 1.69 bits per heavy atom. The van der Waals surface area contributed by atoms with E-state index in [4.69, 9.17) is 4.74 Å². The number of amides is 2. The molecule has 2 aromatic carbocycles. The van der Waals surface area contributed by atoms with Crippen molar-refractivity contribution in [2.24, 2.45) is 0 Å². The number of aryl methyl sites for hydroxylation is 2. The lowest BCUT2D eigenvalue weighted by atomic mass is 10.2. The summed E-state index contributed by atoms with van der Waals surface area (Å²) in [6.45, 7) is 3.82. The minimum absolute atomic E-state index is 0.0962. The van der Waals surface area contributed by atoms with Crippen molar-refractivity contribution in [3.8, 4) is 11.5 Å². The number of ether oxygens (including phenoxy) is 1. The Morgan fingerprint density at radius 3 is 2.44 bits per heavy atom. The zero-order valence-corrected chi connectivity index (χ0v) is 18.2. The molecule has 1 aliphatic heterocycles. The van der Waals surface area contributed by atoms with Crippen molar-refractivity contribution in [2.75, 3.05) is 4.90 Å². The third-order valence-electron chi connectivity index (χ3n) is 5.09. The molecule has 0 radical (unpaired) electrons. The topological polar surface area (TPSA) is 89.7 Å². The van der Waals surface area contributed by atoms with Gasteiger partial charge in [0.1, 0.15) is 16.7 Å². The van der Waals surface area contributed by atoms with E-state index < -0.39 is 5.25 Å². The molecule has 32 heavy (non-hydrogen) atoms.